The van der Waals surface area contributed by atoms with Crippen molar-refractivity contribution in [2.75, 3.05) is 45.8 Å². The standard InChI is InChI=1S/C20H19N9O2.C20H21N9O2.C19H18N8O.C19H20N8O/c1-11(30)26-8-9-27-18(14-4-5-16-22-10-15(19(21)31)29(16)25-14)17(23-20(26)27)13-6-7-28(24-13)12-2-3-12;1-11(2)28-7-6-13(24-28)17-18(27-9-8-26(12(3)30)20(27)23-17)14-4-5-16-22-10-15(19(21)31)29(16)25-14;1-12(28)24-10-11-25-18(15-4-5-16-20-7-9-27(16)23-15)17(21-19(24)25)14-6-8-26(22-14)13-2-3-13;1-12(2)26-8-6-14(22-26)17-18(15-4-5-16-20-7-9-27(16)23-15)25-11-10-24(13(3)28)19(25)21-17/h4-7,10,12H,2-3,8-9H2,1H3,(H2,21,31);4-7,10-11H,8-9H2,1-3H3,(H2,21,31);4-9,13H,2-3,10-11H2,1H3;4-9,12H,10-11H2,1-3H3. The van der Waals surface area contributed by atoms with E-state index in [2.05, 4.69) is 58.2 Å². The van der Waals surface area contributed by atoms with E-state index in [9.17, 15) is 28.8 Å². The number of primary amides is 2. The number of imidazole rings is 8. The van der Waals surface area contributed by atoms with Crippen molar-refractivity contribution in [1.82, 2.24) is 136 Å². The summed E-state index contributed by atoms with van der Waals surface area (Å²) in [5, 5.41) is 37.5. The highest BCUT2D eigenvalue weighted by Crippen LogP contribution is 2.44. The molecule has 0 spiro atoms. The second kappa shape index (κ2) is 28.5. The first-order valence-electron chi connectivity index (χ1n) is 38.8. The van der Waals surface area contributed by atoms with E-state index >= 15 is 0 Å². The number of hydrogen-bond acceptors (Lipinski definition) is 22. The smallest absolute Gasteiger partial charge is 0.269 e. The number of nitrogens with two attached hydrogens (primary N) is 2. The molecule has 2 aliphatic carbocycles. The van der Waals surface area contributed by atoms with Gasteiger partial charge in [-0.2, -0.15) is 40.8 Å². The SMILES string of the molecule is CC(=O)N1CCn2c1nc(-c1ccn(C(C)C)n1)c2-c1ccc2ncc(C(N)=O)n2n1.CC(=O)N1CCn2c1nc(-c1ccn(C(C)C)n1)c2-c1ccc2nccn2n1.CC(=O)N1CCn2c1nc(-c1ccn(C3CC3)n1)c2-c1ccc2ncc(C(N)=O)n2n1.CC(=O)N1CCn2c1nc(-c1ccn(C3CC3)n1)c2-c1ccc2nccn2n1. The van der Waals surface area contributed by atoms with E-state index in [1.807, 2.05) is 140 Å². The Bertz CT molecular complexity index is 6360. The molecule has 22 rings (SSSR count). The van der Waals surface area contributed by atoms with Crippen LogP contribution < -0.4 is 31.1 Å². The first-order valence-corrected chi connectivity index (χ1v) is 38.8. The Morgan fingerprint density at radius 2 is 0.644 bits per heavy atom. The molecule has 40 nitrogen and oxygen atoms in total. The highest BCUT2D eigenvalue weighted by molar-refractivity contribution is 5.97. The van der Waals surface area contributed by atoms with Gasteiger partial charge < -0.3 is 29.7 Å². The third-order valence-corrected chi connectivity index (χ3v) is 21.5. The van der Waals surface area contributed by atoms with Gasteiger partial charge in [-0.15, -0.1) is 0 Å². The molecule has 4 aliphatic heterocycles. The van der Waals surface area contributed by atoms with Gasteiger partial charge in [0.2, 0.25) is 47.4 Å². The fraction of sp³-hybridized carbons (Fsp3) is 0.308. The summed E-state index contributed by atoms with van der Waals surface area (Å²) in [6, 6.07) is 24.1. The van der Waals surface area contributed by atoms with Gasteiger partial charge in [-0.3, -0.25) is 67.1 Å². The maximum atomic E-state index is 12.1. The number of rotatable bonds is 14. The molecule has 16 aromatic heterocycles. The largest absolute Gasteiger partial charge is 0.364 e. The van der Waals surface area contributed by atoms with Crippen LogP contribution in [0, 0.1) is 0 Å². The van der Waals surface area contributed by atoms with Crippen LogP contribution in [0.25, 0.3) is 114 Å². The number of carbonyl (C=O) groups is 6. The first kappa shape index (κ1) is 73.2. The zero-order valence-corrected chi connectivity index (χ0v) is 65.4. The van der Waals surface area contributed by atoms with Gasteiger partial charge in [-0.05, 0) is 126 Å². The second-order valence-corrected chi connectivity index (χ2v) is 30.0. The quantitative estimate of drug-likeness (QED) is 0.108. The van der Waals surface area contributed by atoms with Crippen molar-refractivity contribution >= 4 is 81.8 Å². The predicted octanol–water partition coefficient (Wildman–Crippen LogP) is 7.32. The van der Waals surface area contributed by atoms with Crippen LogP contribution in [0.1, 0.15) is 126 Å². The molecule has 16 aromatic rings. The molecule has 118 heavy (non-hydrogen) atoms. The van der Waals surface area contributed by atoms with Crippen LogP contribution in [-0.4, -0.2) is 197 Å². The lowest BCUT2D eigenvalue weighted by molar-refractivity contribution is -0.117. The predicted molar refractivity (Wildman–Crippen MR) is 428 cm³/mol. The Morgan fingerprint density at radius 1 is 0.339 bits per heavy atom. The van der Waals surface area contributed by atoms with Gasteiger partial charge in [-0.1, -0.05) is 0 Å². The zero-order chi connectivity index (χ0) is 81.4. The molecule has 40 heteroatoms. The van der Waals surface area contributed by atoms with Crippen LogP contribution in [0.2, 0.25) is 0 Å². The molecular weight excluding hydrogens is 1510 g/mol. The number of fused-ring (bicyclic) bond motifs is 8. The minimum Gasteiger partial charge on any atom is -0.364 e. The minimum absolute atomic E-state index is 0.0108. The van der Waals surface area contributed by atoms with Crippen molar-refractivity contribution in [3.8, 4) is 91.1 Å². The molecule has 20 heterocycles. The molecule has 0 unspecified atom stereocenters. The normalized spacial score (nSPS) is 14.7. The summed E-state index contributed by atoms with van der Waals surface area (Å²) < 4.78 is 22.1. The Hall–Kier alpha value is -15.0. The third-order valence-electron chi connectivity index (χ3n) is 21.5. The summed E-state index contributed by atoms with van der Waals surface area (Å²) in [6.07, 6.45) is 22.3. The van der Waals surface area contributed by atoms with Crippen LogP contribution in [0.15, 0.2) is 135 Å². The monoisotopic (exact) mass is 1590 g/mol. The Kier molecular flexibility index (Phi) is 17.7. The van der Waals surface area contributed by atoms with Crippen LogP contribution in [-0.2, 0) is 45.4 Å². The summed E-state index contributed by atoms with van der Waals surface area (Å²) in [6.45, 7) is 19.3. The van der Waals surface area contributed by atoms with E-state index in [-0.39, 0.29) is 47.1 Å². The third kappa shape index (κ3) is 12.8. The highest BCUT2D eigenvalue weighted by Gasteiger charge is 2.38. The van der Waals surface area contributed by atoms with Crippen molar-refractivity contribution in [2.45, 2.75) is 131 Å². The van der Waals surface area contributed by atoms with Gasteiger partial charge in [-0.25, -0.2) is 57.9 Å². The number of amides is 6. The molecule has 6 amide bonds. The molecule has 6 aliphatic rings. The zero-order valence-electron chi connectivity index (χ0n) is 65.4. The van der Waals surface area contributed by atoms with E-state index < -0.39 is 11.8 Å². The average Bonchev–Trinajstić information content (AvgIpc) is 1.60. The Morgan fingerprint density at radius 3 is 0.941 bits per heavy atom. The van der Waals surface area contributed by atoms with Crippen molar-refractivity contribution in [3.05, 3.63) is 146 Å². The van der Waals surface area contributed by atoms with Gasteiger partial charge in [0.1, 0.15) is 79.7 Å². The van der Waals surface area contributed by atoms with Gasteiger partial charge >= 0.3 is 0 Å². The van der Waals surface area contributed by atoms with E-state index in [4.69, 9.17) is 56.9 Å². The highest BCUT2D eigenvalue weighted by atomic mass is 16.2. The topological polar surface area (TPSA) is 431 Å². The second-order valence-electron chi connectivity index (χ2n) is 30.0. The summed E-state index contributed by atoms with van der Waals surface area (Å²) in [5.74, 6) is 1.02. The summed E-state index contributed by atoms with van der Waals surface area (Å²) >= 11 is 0. The Balaban J connectivity index is 0.000000105. The molecule has 0 saturated heterocycles. The van der Waals surface area contributed by atoms with Crippen molar-refractivity contribution < 1.29 is 28.8 Å². The molecule has 2 fully saturated rings. The van der Waals surface area contributed by atoms with E-state index in [1.54, 1.807) is 67.0 Å². The summed E-state index contributed by atoms with van der Waals surface area (Å²) in [5.41, 5.74) is 25.6. The lowest BCUT2D eigenvalue weighted by atomic mass is 10.2. The maximum Gasteiger partial charge on any atom is 0.269 e. The molecule has 0 bridgehead atoms. The molecule has 0 atom stereocenters. The van der Waals surface area contributed by atoms with Crippen molar-refractivity contribution in [3.63, 3.8) is 0 Å². The van der Waals surface area contributed by atoms with Crippen LogP contribution in [0.4, 0.5) is 23.8 Å². The van der Waals surface area contributed by atoms with Gasteiger partial charge in [0, 0.05) is 142 Å². The first-order chi connectivity index (χ1) is 57.1. The fourth-order valence-electron chi connectivity index (χ4n) is 15.3. The number of hydrogen-bond donors (Lipinski definition) is 2. The maximum absolute atomic E-state index is 12.1. The fourth-order valence-corrected chi connectivity index (χ4v) is 15.3. The number of nitrogens with zero attached hydrogens (tertiary/aromatic N) is 32. The lowest BCUT2D eigenvalue weighted by Crippen LogP contribution is -2.26. The molecule has 596 valence electrons. The lowest BCUT2D eigenvalue weighted by Gasteiger charge is -2.09. The molecule has 4 N–H and O–H groups in total. The molecular formula is C78H78N34O6. The summed E-state index contributed by atoms with van der Waals surface area (Å²) in [4.78, 5) is 115. The number of aromatic nitrogens is 28. The van der Waals surface area contributed by atoms with E-state index in [1.165, 1.54) is 48.1 Å². The van der Waals surface area contributed by atoms with Crippen LogP contribution in [0.5, 0.6) is 0 Å². The van der Waals surface area contributed by atoms with Crippen LogP contribution in [0.3, 0.4) is 0 Å². The summed E-state index contributed by atoms with van der Waals surface area (Å²) in [7, 11) is 0. The van der Waals surface area contributed by atoms with Crippen LogP contribution >= 0.6 is 0 Å². The van der Waals surface area contributed by atoms with Gasteiger partial charge in [0.15, 0.2) is 22.6 Å². The molecule has 0 radical (unpaired) electrons. The van der Waals surface area contributed by atoms with E-state index in [0.717, 1.165) is 86.8 Å². The number of carbonyl (C=O) groups excluding carboxylic acids is 6. The van der Waals surface area contributed by atoms with Gasteiger partial charge in [0.05, 0.1) is 47.3 Å². The average molecular weight is 1590 g/mol. The number of anilines is 4. The molecule has 2 saturated carbocycles. The molecule has 0 aromatic carbocycles. The van der Waals surface area contributed by atoms with Gasteiger partial charge in [0.25, 0.3) is 11.8 Å². The van der Waals surface area contributed by atoms with Crippen molar-refractivity contribution in [2.24, 2.45) is 11.5 Å². The minimum atomic E-state index is -0.616. The Labute approximate surface area is 669 Å². The van der Waals surface area contributed by atoms with E-state index in [0.29, 0.717) is 128 Å². The van der Waals surface area contributed by atoms with Crippen molar-refractivity contribution in [1.29, 1.82) is 0 Å².